The fourth-order valence-corrected chi connectivity index (χ4v) is 4.39. The minimum Gasteiger partial charge on any atom is -0.497 e. The molecule has 1 fully saturated rings. The van der Waals surface area contributed by atoms with Crippen LogP contribution in [0.3, 0.4) is 0 Å². The van der Waals surface area contributed by atoms with Crippen LogP contribution in [0.25, 0.3) is 0 Å². The number of benzene rings is 2. The van der Waals surface area contributed by atoms with Gasteiger partial charge in [0.1, 0.15) is 17.3 Å². The van der Waals surface area contributed by atoms with Crippen molar-refractivity contribution >= 4 is 23.2 Å². The smallest absolute Gasteiger partial charge is 0.232 e. The van der Waals surface area contributed by atoms with Gasteiger partial charge in [-0.15, -0.1) is 0 Å². The van der Waals surface area contributed by atoms with Crippen molar-refractivity contribution in [3.05, 3.63) is 47.3 Å². The van der Waals surface area contributed by atoms with Crippen molar-refractivity contribution in [1.29, 1.82) is 0 Å². The minimum absolute atomic E-state index is 0.0906. The molecule has 2 heterocycles. The van der Waals surface area contributed by atoms with Crippen LogP contribution < -0.4 is 19.3 Å². The van der Waals surface area contributed by atoms with Gasteiger partial charge < -0.3 is 19.3 Å². The quantitative estimate of drug-likeness (QED) is 0.772. The number of methoxy groups -OCH3 is 2. The van der Waals surface area contributed by atoms with E-state index >= 15 is 0 Å². The third-order valence-corrected chi connectivity index (χ3v) is 5.80. The Bertz CT molecular complexity index is 1010. The molecule has 2 amide bonds. The maximum Gasteiger partial charge on any atom is 0.232 e. The highest BCUT2D eigenvalue weighted by molar-refractivity contribution is 6.05. The molecule has 0 aliphatic carbocycles. The summed E-state index contributed by atoms with van der Waals surface area (Å²) in [4.78, 5) is 29.1. The summed E-state index contributed by atoms with van der Waals surface area (Å²) in [5, 5.41) is 0. The zero-order valence-electron chi connectivity index (χ0n) is 17.4. The Balaban J connectivity index is 1.60. The Labute approximate surface area is 175 Å². The summed E-state index contributed by atoms with van der Waals surface area (Å²) in [6.07, 6.45) is 1.61. The first kappa shape index (κ1) is 20.2. The van der Waals surface area contributed by atoms with Crippen LogP contribution >= 0.6 is 0 Å². The van der Waals surface area contributed by atoms with Crippen LogP contribution in [-0.2, 0) is 16.0 Å². The molecule has 0 saturated carbocycles. The SMILES string of the molecule is COc1ccc(N2CC(C(=O)N3CCCc4cc(C)cc(F)c43)CC2=O)c(OC)c1. The van der Waals surface area contributed by atoms with Gasteiger partial charge in [0.05, 0.1) is 31.5 Å². The molecular formula is C23H25FN2O4. The minimum atomic E-state index is -0.532. The molecular weight excluding hydrogens is 387 g/mol. The second-order valence-corrected chi connectivity index (χ2v) is 7.79. The maximum atomic E-state index is 14.7. The van der Waals surface area contributed by atoms with Crippen LogP contribution in [0.2, 0.25) is 0 Å². The molecule has 0 radical (unpaired) electrons. The Morgan fingerprint density at radius 1 is 1.17 bits per heavy atom. The molecule has 4 rings (SSSR count). The number of ether oxygens (including phenoxy) is 2. The first-order chi connectivity index (χ1) is 14.4. The molecule has 158 valence electrons. The van der Waals surface area contributed by atoms with Gasteiger partial charge in [-0.05, 0) is 49.1 Å². The van der Waals surface area contributed by atoms with Gasteiger partial charge in [-0.25, -0.2) is 4.39 Å². The third-order valence-electron chi connectivity index (χ3n) is 5.80. The summed E-state index contributed by atoms with van der Waals surface area (Å²) < 4.78 is 25.3. The summed E-state index contributed by atoms with van der Waals surface area (Å²) in [5.74, 6) is -0.154. The van der Waals surface area contributed by atoms with Crippen molar-refractivity contribution in [1.82, 2.24) is 0 Å². The first-order valence-electron chi connectivity index (χ1n) is 10.1. The lowest BCUT2D eigenvalue weighted by molar-refractivity contribution is -0.124. The summed E-state index contributed by atoms with van der Waals surface area (Å²) in [6, 6.07) is 8.60. The Morgan fingerprint density at radius 3 is 2.70 bits per heavy atom. The Kier molecular flexibility index (Phi) is 5.37. The van der Waals surface area contributed by atoms with Crippen LogP contribution in [0, 0.1) is 18.7 Å². The average molecular weight is 412 g/mol. The zero-order valence-corrected chi connectivity index (χ0v) is 17.4. The highest BCUT2D eigenvalue weighted by Gasteiger charge is 2.40. The van der Waals surface area contributed by atoms with Gasteiger partial charge in [-0.2, -0.15) is 0 Å². The summed E-state index contributed by atoms with van der Waals surface area (Å²) in [5.41, 5.74) is 2.66. The fourth-order valence-electron chi connectivity index (χ4n) is 4.39. The lowest BCUT2D eigenvalue weighted by Gasteiger charge is -2.32. The Morgan fingerprint density at radius 2 is 1.97 bits per heavy atom. The van der Waals surface area contributed by atoms with E-state index in [2.05, 4.69) is 0 Å². The van der Waals surface area contributed by atoms with Gasteiger partial charge in [0.2, 0.25) is 11.8 Å². The largest absolute Gasteiger partial charge is 0.497 e. The molecule has 7 heteroatoms. The van der Waals surface area contributed by atoms with E-state index < -0.39 is 5.92 Å². The van der Waals surface area contributed by atoms with Gasteiger partial charge in [0, 0.05) is 25.6 Å². The van der Waals surface area contributed by atoms with E-state index in [1.807, 2.05) is 13.0 Å². The van der Waals surface area contributed by atoms with E-state index in [1.165, 1.54) is 18.1 Å². The molecule has 2 aromatic rings. The molecule has 6 nitrogen and oxygen atoms in total. The summed E-state index contributed by atoms with van der Waals surface area (Å²) >= 11 is 0. The predicted octanol–water partition coefficient (Wildman–Crippen LogP) is 3.48. The number of halogens is 1. The second kappa shape index (κ2) is 7.97. The number of carbonyl (C=O) groups excluding carboxylic acids is 2. The van der Waals surface area contributed by atoms with Gasteiger partial charge >= 0.3 is 0 Å². The van der Waals surface area contributed by atoms with E-state index in [-0.39, 0.29) is 30.6 Å². The molecule has 0 aromatic heterocycles. The van der Waals surface area contributed by atoms with Gasteiger partial charge in [0.25, 0.3) is 0 Å². The molecule has 1 saturated heterocycles. The molecule has 1 atom stereocenters. The normalized spacial score (nSPS) is 18.4. The van der Waals surface area contributed by atoms with Crippen LogP contribution in [-0.4, -0.2) is 39.1 Å². The third kappa shape index (κ3) is 3.49. The number of fused-ring (bicyclic) bond motifs is 1. The molecule has 0 bridgehead atoms. The monoisotopic (exact) mass is 412 g/mol. The van der Waals surface area contributed by atoms with Gasteiger partial charge in [-0.1, -0.05) is 6.07 Å². The fraction of sp³-hybridized carbons (Fsp3) is 0.391. The lowest BCUT2D eigenvalue weighted by atomic mass is 9.97. The van der Waals surface area contributed by atoms with E-state index in [0.29, 0.717) is 29.4 Å². The van der Waals surface area contributed by atoms with E-state index in [4.69, 9.17) is 9.47 Å². The van der Waals surface area contributed by atoms with E-state index in [1.54, 1.807) is 30.2 Å². The number of amides is 2. The van der Waals surface area contributed by atoms with Crippen molar-refractivity contribution in [2.45, 2.75) is 26.2 Å². The number of anilines is 2. The molecule has 30 heavy (non-hydrogen) atoms. The highest BCUT2D eigenvalue weighted by Crippen LogP contribution is 2.38. The van der Waals surface area contributed by atoms with Crippen LogP contribution in [0.1, 0.15) is 24.0 Å². The molecule has 2 aliphatic rings. The first-order valence-corrected chi connectivity index (χ1v) is 10.1. The topological polar surface area (TPSA) is 59.1 Å². The number of carbonyl (C=O) groups is 2. The second-order valence-electron chi connectivity index (χ2n) is 7.79. The zero-order chi connectivity index (χ0) is 21.4. The standard InChI is InChI=1S/C23H25FN2O4/c1-14-9-15-5-4-8-25(22(15)18(24)10-14)23(28)16-11-21(27)26(13-16)19-7-6-17(29-2)12-20(19)30-3/h6-7,9-10,12,16H,4-5,8,11,13H2,1-3H3. The van der Waals surface area contributed by atoms with Crippen molar-refractivity contribution in [3.8, 4) is 11.5 Å². The van der Waals surface area contributed by atoms with Crippen LogP contribution in [0.5, 0.6) is 11.5 Å². The van der Waals surface area contributed by atoms with Crippen molar-refractivity contribution in [3.63, 3.8) is 0 Å². The summed E-state index contributed by atoms with van der Waals surface area (Å²) in [6.45, 7) is 2.54. The molecule has 0 N–H and O–H groups in total. The van der Waals surface area contributed by atoms with Crippen molar-refractivity contribution in [2.75, 3.05) is 37.1 Å². The molecule has 0 spiro atoms. The van der Waals surface area contributed by atoms with Crippen LogP contribution in [0.4, 0.5) is 15.8 Å². The molecule has 2 aromatic carbocycles. The Hall–Kier alpha value is -3.09. The van der Waals surface area contributed by atoms with Crippen molar-refractivity contribution in [2.24, 2.45) is 5.92 Å². The molecule has 1 unspecified atom stereocenters. The highest BCUT2D eigenvalue weighted by atomic mass is 19.1. The molecule has 2 aliphatic heterocycles. The number of nitrogens with zero attached hydrogens (tertiary/aromatic N) is 2. The van der Waals surface area contributed by atoms with Gasteiger partial charge in [0.15, 0.2) is 0 Å². The van der Waals surface area contributed by atoms with E-state index in [0.717, 1.165) is 24.0 Å². The lowest BCUT2D eigenvalue weighted by Crippen LogP contribution is -2.41. The van der Waals surface area contributed by atoms with Gasteiger partial charge in [-0.3, -0.25) is 9.59 Å². The predicted molar refractivity (Wildman–Crippen MR) is 112 cm³/mol. The number of aryl methyl sites for hydroxylation is 2. The number of hydrogen-bond acceptors (Lipinski definition) is 4. The van der Waals surface area contributed by atoms with Crippen LogP contribution in [0.15, 0.2) is 30.3 Å². The number of hydrogen-bond donors (Lipinski definition) is 0. The summed E-state index contributed by atoms with van der Waals surface area (Å²) in [7, 11) is 3.08. The number of rotatable bonds is 4. The maximum absolute atomic E-state index is 14.7. The van der Waals surface area contributed by atoms with Crippen molar-refractivity contribution < 1.29 is 23.5 Å². The van der Waals surface area contributed by atoms with E-state index in [9.17, 15) is 14.0 Å². The average Bonchev–Trinajstić information content (AvgIpc) is 3.13.